The van der Waals surface area contributed by atoms with Gasteiger partial charge < -0.3 is 9.80 Å². The summed E-state index contributed by atoms with van der Waals surface area (Å²) in [7, 11) is 0. The van der Waals surface area contributed by atoms with E-state index in [2.05, 4.69) is 338 Å². The second kappa shape index (κ2) is 21.5. The molecule has 97 heavy (non-hydrogen) atoms. The lowest BCUT2D eigenvalue weighted by atomic mass is 9.32. The standard InChI is InChI=1S/C94H69BN2/c1-54-44-56(3)86(57(4)45-54)75-38-28-67-30-42-79-90-69(32-40-77(75)88(67)90)50-81-92(79)95-93-80-43-31-68-29-39-76(87-58(5)46-55(2)47-59(87)6)78-41-33-70(91(80)89(68)78)51-82(93)97(74-36-26-66(27-37-74)63-20-14-10-15-21-63)84-53-72(85-60(7)48-71(49-61(85)8)64-22-16-11-17-23-64)52-83(94(84)95)96(81)73-34-24-65(25-35-73)62-18-12-9-13-19-62/h9-53H,1-8H3. The molecule has 0 saturated carbocycles. The zero-order valence-electron chi connectivity index (χ0n) is 56.0. The van der Waals surface area contributed by atoms with E-state index in [-0.39, 0.29) is 6.71 Å². The van der Waals surface area contributed by atoms with Crippen molar-refractivity contribution >= 4 is 122 Å². The van der Waals surface area contributed by atoms with E-state index in [0.717, 1.165) is 11.4 Å². The topological polar surface area (TPSA) is 6.48 Å². The van der Waals surface area contributed by atoms with Crippen molar-refractivity contribution in [2.45, 2.75) is 55.4 Å². The molecule has 0 radical (unpaired) electrons. The number of aryl methyl sites for hydroxylation is 8. The summed E-state index contributed by atoms with van der Waals surface area (Å²) in [6, 6.07) is 105. The molecular weight excluding hydrogens is 1170 g/mol. The van der Waals surface area contributed by atoms with Crippen molar-refractivity contribution in [1.29, 1.82) is 0 Å². The quantitative estimate of drug-likeness (QED) is 0.111. The van der Waals surface area contributed by atoms with Crippen LogP contribution in [0.4, 0.5) is 34.1 Å². The van der Waals surface area contributed by atoms with E-state index >= 15 is 0 Å². The Morgan fingerprint density at radius 2 is 0.546 bits per heavy atom. The Hall–Kier alpha value is -11.5. The molecule has 0 saturated heterocycles. The van der Waals surface area contributed by atoms with Gasteiger partial charge in [0.15, 0.2) is 0 Å². The van der Waals surface area contributed by atoms with Crippen LogP contribution >= 0.6 is 0 Å². The van der Waals surface area contributed by atoms with Crippen LogP contribution in [-0.4, -0.2) is 6.71 Å². The summed E-state index contributed by atoms with van der Waals surface area (Å²) < 4.78 is 0. The minimum Gasteiger partial charge on any atom is -0.311 e. The lowest BCUT2D eigenvalue weighted by Crippen LogP contribution is -2.61. The van der Waals surface area contributed by atoms with E-state index in [1.165, 1.54) is 215 Å². The highest BCUT2D eigenvalue weighted by Gasteiger charge is 2.46. The molecule has 0 spiro atoms. The van der Waals surface area contributed by atoms with Crippen molar-refractivity contribution in [2.24, 2.45) is 0 Å². The Morgan fingerprint density at radius 1 is 0.227 bits per heavy atom. The SMILES string of the molecule is Cc1cc(C)c(-c2ccc3ccc4c5c(cc6ccc2c3c64)N(c2ccc(-c3ccccc3)cc2)c2cc(-c3c(C)cc(-c4ccccc4)cc3C)cc3c2B5c2c(cc4ccc5c(-c6c(C)cc(C)cc6C)ccc6ccc2c4c65)N3c2ccc(-c3ccccc3)cc2)c(C)c1. The molecule has 2 aliphatic rings. The van der Waals surface area contributed by atoms with Crippen molar-refractivity contribution < 1.29 is 0 Å². The van der Waals surface area contributed by atoms with Crippen molar-refractivity contribution in [2.75, 3.05) is 9.80 Å². The Kier molecular flexibility index (Phi) is 12.6. The lowest BCUT2D eigenvalue weighted by Gasteiger charge is -2.45. The summed E-state index contributed by atoms with van der Waals surface area (Å²) in [5.41, 5.74) is 36.1. The highest BCUT2D eigenvalue weighted by atomic mass is 15.2. The third-order valence-electron chi connectivity index (χ3n) is 21.9. The largest absolute Gasteiger partial charge is 0.311 e. The fraction of sp³-hybridized carbons (Fsp3) is 0.0851. The summed E-state index contributed by atoms with van der Waals surface area (Å²) in [6.07, 6.45) is 0. The summed E-state index contributed by atoms with van der Waals surface area (Å²) in [5.74, 6) is 0. The van der Waals surface area contributed by atoms with E-state index in [9.17, 15) is 0 Å². The number of anilines is 6. The van der Waals surface area contributed by atoms with Crippen LogP contribution in [0, 0.1) is 55.4 Å². The van der Waals surface area contributed by atoms with Gasteiger partial charge in [0, 0.05) is 34.1 Å². The normalized spacial score (nSPS) is 12.7. The summed E-state index contributed by atoms with van der Waals surface area (Å²) >= 11 is 0. The van der Waals surface area contributed by atoms with Gasteiger partial charge in [0.25, 0.3) is 6.71 Å². The lowest BCUT2D eigenvalue weighted by molar-refractivity contribution is 1.26. The first-order valence-electron chi connectivity index (χ1n) is 34.3. The number of nitrogens with zero attached hydrogens (tertiary/aromatic N) is 2. The van der Waals surface area contributed by atoms with Gasteiger partial charge in [0.1, 0.15) is 0 Å². The molecule has 19 rings (SSSR count). The highest BCUT2D eigenvalue weighted by Crippen LogP contribution is 2.53. The zero-order chi connectivity index (χ0) is 65.2. The van der Waals surface area contributed by atoms with E-state index in [0.29, 0.717) is 0 Å². The van der Waals surface area contributed by atoms with Crippen LogP contribution in [0.3, 0.4) is 0 Å². The summed E-state index contributed by atoms with van der Waals surface area (Å²) in [5, 5.41) is 15.4. The van der Waals surface area contributed by atoms with Crippen LogP contribution < -0.4 is 26.2 Å². The van der Waals surface area contributed by atoms with Gasteiger partial charge in [-0.25, -0.2) is 0 Å². The average molecular weight is 1240 g/mol. The van der Waals surface area contributed by atoms with Gasteiger partial charge in [-0.2, -0.15) is 0 Å². The van der Waals surface area contributed by atoms with Crippen LogP contribution in [0.25, 0.3) is 131 Å². The number of rotatable bonds is 8. The first-order chi connectivity index (χ1) is 47.4. The number of fused-ring (bicyclic) bond motifs is 6. The predicted octanol–water partition coefficient (Wildman–Crippen LogP) is 24.0. The van der Waals surface area contributed by atoms with E-state index in [4.69, 9.17) is 0 Å². The van der Waals surface area contributed by atoms with Crippen LogP contribution in [0.15, 0.2) is 273 Å². The van der Waals surface area contributed by atoms with E-state index in [1.807, 2.05) is 0 Å². The summed E-state index contributed by atoms with van der Waals surface area (Å²) in [4.78, 5) is 5.31. The second-order valence-electron chi connectivity index (χ2n) is 27.9. The molecule has 0 N–H and O–H groups in total. The molecule has 0 bridgehead atoms. The average Bonchev–Trinajstić information content (AvgIpc) is 0.675. The maximum Gasteiger partial charge on any atom is 0.253 e. The van der Waals surface area contributed by atoms with Crippen LogP contribution in [0.1, 0.15) is 44.5 Å². The van der Waals surface area contributed by atoms with Crippen LogP contribution in [-0.2, 0) is 0 Å². The molecular formula is C94H69BN2. The molecule has 17 aromatic rings. The molecule has 2 heterocycles. The minimum atomic E-state index is -0.220. The van der Waals surface area contributed by atoms with Crippen molar-refractivity contribution in [3.8, 4) is 66.8 Å². The van der Waals surface area contributed by atoms with Crippen molar-refractivity contribution in [3.05, 3.63) is 317 Å². The highest BCUT2D eigenvalue weighted by molar-refractivity contribution is 7.03. The zero-order valence-corrected chi connectivity index (χ0v) is 56.0. The Labute approximate surface area is 567 Å². The van der Waals surface area contributed by atoms with Crippen LogP contribution in [0.2, 0.25) is 0 Å². The second-order valence-corrected chi connectivity index (χ2v) is 27.9. The number of benzene rings is 17. The van der Waals surface area contributed by atoms with Gasteiger partial charge in [-0.1, -0.05) is 236 Å². The maximum atomic E-state index is 2.65. The Bertz CT molecular complexity index is 5730. The van der Waals surface area contributed by atoms with E-state index in [1.54, 1.807) is 0 Å². The summed E-state index contributed by atoms with van der Waals surface area (Å²) in [6.45, 7) is 18.0. The molecule has 0 fully saturated rings. The fourth-order valence-electron chi connectivity index (χ4n) is 18.2. The molecule has 0 aliphatic carbocycles. The molecule has 0 aromatic heterocycles. The van der Waals surface area contributed by atoms with Crippen molar-refractivity contribution in [3.63, 3.8) is 0 Å². The molecule has 0 atom stereocenters. The number of hydrogen-bond donors (Lipinski definition) is 0. The number of hydrogen-bond acceptors (Lipinski definition) is 2. The van der Waals surface area contributed by atoms with Gasteiger partial charge in [-0.3, -0.25) is 0 Å². The first kappa shape index (κ1) is 57.0. The fourth-order valence-corrected chi connectivity index (χ4v) is 18.2. The minimum absolute atomic E-state index is 0.220. The predicted molar refractivity (Wildman–Crippen MR) is 418 cm³/mol. The molecule has 2 aliphatic heterocycles. The first-order valence-corrected chi connectivity index (χ1v) is 34.3. The van der Waals surface area contributed by atoms with Gasteiger partial charge >= 0.3 is 0 Å². The van der Waals surface area contributed by atoms with Crippen LogP contribution in [0.5, 0.6) is 0 Å². The van der Waals surface area contributed by atoms with Crippen molar-refractivity contribution in [1.82, 2.24) is 0 Å². The Balaban J connectivity index is 0.971. The molecule has 0 unspecified atom stereocenters. The van der Waals surface area contributed by atoms with Gasteiger partial charge in [0.2, 0.25) is 0 Å². The molecule has 17 aromatic carbocycles. The molecule has 2 nitrogen and oxygen atoms in total. The molecule has 0 amide bonds. The van der Waals surface area contributed by atoms with Gasteiger partial charge in [-0.15, -0.1) is 0 Å². The third-order valence-corrected chi connectivity index (χ3v) is 21.9. The smallest absolute Gasteiger partial charge is 0.253 e. The molecule has 3 heteroatoms. The van der Waals surface area contributed by atoms with E-state index < -0.39 is 0 Å². The van der Waals surface area contributed by atoms with Gasteiger partial charge in [-0.05, 0) is 285 Å². The maximum absolute atomic E-state index is 2.65. The monoisotopic (exact) mass is 1240 g/mol. The third kappa shape index (κ3) is 8.60. The Morgan fingerprint density at radius 3 is 0.948 bits per heavy atom. The van der Waals surface area contributed by atoms with Gasteiger partial charge in [0.05, 0.1) is 0 Å². The molecule has 458 valence electrons.